The van der Waals surface area contributed by atoms with Crippen LogP contribution in [0, 0.1) is 0 Å². The van der Waals surface area contributed by atoms with Crippen molar-refractivity contribution in [1.82, 2.24) is 4.90 Å². The van der Waals surface area contributed by atoms with Crippen molar-refractivity contribution >= 4 is 17.6 Å². The number of hydrogen-bond acceptors (Lipinski definition) is 3. The van der Waals surface area contributed by atoms with Crippen LogP contribution in [0.4, 0.5) is 5.69 Å². The minimum atomic E-state index is -0.856. The number of benzene rings is 2. The number of amides is 1. The van der Waals surface area contributed by atoms with E-state index in [1.54, 1.807) is 24.0 Å². The van der Waals surface area contributed by atoms with Gasteiger partial charge in [-0.2, -0.15) is 0 Å². The summed E-state index contributed by atoms with van der Waals surface area (Å²) in [5.41, 5.74) is 4.41. The Morgan fingerprint density at radius 1 is 1.20 bits per heavy atom. The minimum absolute atomic E-state index is 0.00496. The second kappa shape index (κ2) is 6.69. The number of hydrogen-bond donors (Lipinski definition) is 1. The first-order valence-electron chi connectivity index (χ1n) is 8.28. The number of carboxylic acid groups (broad SMARTS) is 1. The monoisotopic (exact) mass is 338 g/mol. The van der Waals surface area contributed by atoms with E-state index in [0.717, 1.165) is 34.5 Å². The molecule has 1 atom stereocenters. The SMILES string of the molecule is CC(C(=O)O)c1ccc(N2Cc3ccc(CN(C)C)cc3C2=O)cc1. The fourth-order valence-corrected chi connectivity index (χ4v) is 3.11. The highest BCUT2D eigenvalue weighted by Gasteiger charge is 2.28. The van der Waals surface area contributed by atoms with Crippen molar-refractivity contribution in [2.45, 2.75) is 25.9 Å². The van der Waals surface area contributed by atoms with Crippen LogP contribution in [-0.4, -0.2) is 36.0 Å². The van der Waals surface area contributed by atoms with Crippen LogP contribution in [-0.2, 0) is 17.9 Å². The molecule has 3 rings (SSSR count). The second-order valence-electron chi connectivity index (χ2n) is 6.77. The van der Waals surface area contributed by atoms with Gasteiger partial charge in [-0.1, -0.05) is 24.3 Å². The molecule has 0 radical (unpaired) electrons. The molecular weight excluding hydrogens is 316 g/mol. The molecular formula is C20H22N2O3. The van der Waals surface area contributed by atoms with Gasteiger partial charge in [0.1, 0.15) is 0 Å². The van der Waals surface area contributed by atoms with Crippen molar-refractivity contribution in [3.63, 3.8) is 0 Å². The second-order valence-corrected chi connectivity index (χ2v) is 6.77. The summed E-state index contributed by atoms with van der Waals surface area (Å²) in [6.45, 7) is 2.99. The van der Waals surface area contributed by atoms with Crippen molar-refractivity contribution in [2.24, 2.45) is 0 Å². The van der Waals surface area contributed by atoms with Crippen LogP contribution in [0.3, 0.4) is 0 Å². The van der Waals surface area contributed by atoms with Gasteiger partial charge in [-0.3, -0.25) is 9.59 Å². The van der Waals surface area contributed by atoms with Gasteiger partial charge in [0.05, 0.1) is 12.5 Å². The van der Waals surface area contributed by atoms with Gasteiger partial charge in [0.2, 0.25) is 0 Å². The molecule has 1 unspecified atom stereocenters. The average molecular weight is 338 g/mol. The molecule has 5 nitrogen and oxygen atoms in total. The number of fused-ring (bicyclic) bond motifs is 1. The molecule has 0 saturated carbocycles. The van der Waals surface area contributed by atoms with Gasteiger partial charge in [0.15, 0.2) is 0 Å². The first-order valence-corrected chi connectivity index (χ1v) is 8.28. The molecule has 5 heteroatoms. The summed E-state index contributed by atoms with van der Waals surface area (Å²) in [6.07, 6.45) is 0. The lowest BCUT2D eigenvalue weighted by Gasteiger charge is -2.17. The summed E-state index contributed by atoms with van der Waals surface area (Å²) < 4.78 is 0. The van der Waals surface area contributed by atoms with Gasteiger partial charge in [0, 0.05) is 17.8 Å². The molecule has 0 fully saturated rings. The molecule has 0 aromatic heterocycles. The van der Waals surface area contributed by atoms with E-state index in [0.29, 0.717) is 6.54 Å². The molecule has 1 N–H and O–H groups in total. The molecule has 2 aromatic rings. The highest BCUT2D eigenvalue weighted by Crippen LogP contribution is 2.30. The van der Waals surface area contributed by atoms with Crippen LogP contribution in [0.25, 0.3) is 0 Å². The van der Waals surface area contributed by atoms with Gasteiger partial charge in [0.25, 0.3) is 5.91 Å². The molecule has 1 aliphatic heterocycles. The van der Waals surface area contributed by atoms with E-state index in [1.165, 1.54) is 0 Å². The third-order valence-corrected chi connectivity index (χ3v) is 4.55. The molecule has 1 amide bonds. The number of carboxylic acids is 1. The molecule has 25 heavy (non-hydrogen) atoms. The Balaban J connectivity index is 1.83. The van der Waals surface area contributed by atoms with Crippen molar-refractivity contribution in [1.29, 1.82) is 0 Å². The summed E-state index contributed by atoms with van der Waals surface area (Å²) in [5, 5.41) is 9.10. The summed E-state index contributed by atoms with van der Waals surface area (Å²) >= 11 is 0. The maximum Gasteiger partial charge on any atom is 0.310 e. The minimum Gasteiger partial charge on any atom is -0.481 e. The van der Waals surface area contributed by atoms with Gasteiger partial charge >= 0.3 is 5.97 Å². The van der Waals surface area contributed by atoms with E-state index >= 15 is 0 Å². The number of anilines is 1. The van der Waals surface area contributed by atoms with Crippen LogP contribution in [0.5, 0.6) is 0 Å². The van der Waals surface area contributed by atoms with Crippen molar-refractivity contribution < 1.29 is 14.7 Å². The fraction of sp³-hybridized carbons (Fsp3) is 0.300. The van der Waals surface area contributed by atoms with E-state index in [2.05, 4.69) is 11.0 Å². The van der Waals surface area contributed by atoms with Crippen LogP contribution in [0.15, 0.2) is 42.5 Å². The van der Waals surface area contributed by atoms with E-state index in [9.17, 15) is 9.59 Å². The Kier molecular flexibility index (Phi) is 4.59. The summed E-state index contributed by atoms with van der Waals surface area (Å²) in [7, 11) is 4.00. The van der Waals surface area contributed by atoms with Crippen LogP contribution in [0.1, 0.15) is 39.9 Å². The van der Waals surface area contributed by atoms with Crippen LogP contribution >= 0.6 is 0 Å². The first-order chi connectivity index (χ1) is 11.9. The van der Waals surface area contributed by atoms with Gasteiger partial charge in [-0.25, -0.2) is 0 Å². The van der Waals surface area contributed by atoms with E-state index in [-0.39, 0.29) is 5.91 Å². The molecule has 1 aliphatic rings. The predicted octanol–water partition coefficient (Wildman–Crippen LogP) is 3.10. The Morgan fingerprint density at radius 2 is 1.88 bits per heavy atom. The zero-order chi connectivity index (χ0) is 18.1. The number of carbonyl (C=O) groups excluding carboxylic acids is 1. The maximum atomic E-state index is 12.8. The molecule has 1 heterocycles. The highest BCUT2D eigenvalue weighted by atomic mass is 16.4. The Hall–Kier alpha value is -2.66. The molecule has 0 spiro atoms. The van der Waals surface area contributed by atoms with Crippen molar-refractivity contribution in [3.8, 4) is 0 Å². The normalized spacial score (nSPS) is 14.7. The predicted molar refractivity (Wildman–Crippen MR) is 96.8 cm³/mol. The molecule has 2 aromatic carbocycles. The summed E-state index contributed by atoms with van der Waals surface area (Å²) in [4.78, 5) is 27.7. The lowest BCUT2D eigenvalue weighted by atomic mass is 10.0. The smallest absolute Gasteiger partial charge is 0.310 e. The maximum absolute atomic E-state index is 12.8. The highest BCUT2D eigenvalue weighted by molar-refractivity contribution is 6.10. The topological polar surface area (TPSA) is 60.9 Å². The molecule has 0 bridgehead atoms. The molecule has 0 aliphatic carbocycles. The zero-order valence-corrected chi connectivity index (χ0v) is 14.7. The number of carbonyl (C=O) groups is 2. The lowest BCUT2D eigenvalue weighted by Crippen LogP contribution is -2.23. The Morgan fingerprint density at radius 3 is 2.48 bits per heavy atom. The number of rotatable bonds is 5. The average Bonchev–Trinajstić information content (AvgIpc) is 2.90. The molecule has 0 saturated heterocycles. The first kappa shape index (κ1) is 17.2. The van der Waals surface area contributed by atoms with Gasteiger partial charge in [-0.15, -0.1) is 0 Å². The van der Waals surface area contributed by atoms with Crippen LogP contribution < -0.4 is 4.90 Å². The van der Waals surface area contributed by atoms with E-state index in [4.69, 9.17) is 5.11 Å². The Labute approximate surface area is 147 Å². The largest absolute Gasteiger partial charge is 0.481 e. The third kappa shape index (κ3) is 3.42. The van der Waals surface area contributed by atoms with Crippen molar-refractivity contribution in [3.05, 3.63) is 64.7 Å². The fourth-order valence-electron chi connectivity index (χ4n) is 3.11. The van der Waals surface area contributed by atoms with E-state index in [1.807, 2.05) is 38.4 Å². The zero-order valence-electron chi connectivity index (χ0n) is 14.7. The quantitative estimate of drug-likeness (QED) is 0.910. The number of aliphatic carboxylic acids is 1. The standard InChI is InChI=1S/C20H22N2O3/c1-13(20(24)25)15-6-8-17(9-7-15)22-12-16-5-4-14(11-21(2)3)10-18(16)19(22)23/h4-10,13H,11-12H2,1-3H3,(H,24,25). The summed E-state index contributed by atoms with van der Waals surface area (Å²) in [6, 6.07) is 13.3. The summed E-state index contributed by atoms with van der Waals surface area (Å²) in [5.74, 6) is -1.42. The van der Waals surface area contributed by atoms with Gasteiger partial charge in [-0.05, 0) is 55.9 Å². The third-order valence-electron chi connectivity index (χ3n) is 4.55. The number of nitrogens with zero attached hydrogens (tertiary/aromatic N) is 2. The lowest BCUT2D eigenvalue weighted by molar-refractivity contribution is -0.138. The van der Waals surface area contributed by atoms with Crippen LogP contribution in [0.2, 0.25) is 0 Å². The molecule has 130 valence electrons. The van der Waals surface area contributed by atoms with E-state index < -0.39 is 11.9 Å². The Bertz CT molecular complexity index is 812. The van der Waals surface area contributed by atoms with Crippen molar-refractivity contribution in [2.75, 3.05) is 19.0 Å². The van der Waals surface area contributed by atoms with Gasteiger partial charge < -0.3 is 14.9 Å².